The molecule has 0 fully saturated rings. The molecular weight excluding hydrogens is 328 g/mol. The van der Waals surface area contributed by atoms with Gasteiger partial charge in [-0.3, -0.25) is 0 Å². The van der Waals surface area contributed by atoms with Crippen molar-refractivity contribution in [2.45, 2.75) is 0 Å². The van der Waals surface area contributed by atoms with Gasteiger partial charge in [0.25, 0.3) is 0 Å². The molecule has 0 aliphatic rings. The van der Waals surface area contributed by atoms with Crippen molar-refractivity contribution in [2.24, 2.45) is 0 Å². The Labute approximate surface area is 144 Å². The first-order chi connectivity index (χ1) is 11.6. The molecule has 0 saturated carbocycles. The van der Waals surface area contributed by atoms with Crippen molar-refractivity contribution in [2.75, 3.05) is 19.5 Å². The van der Waals surface area contributed by atoms with Crippen LogP contribution in [0.3, 0.4) is 0 Å². The van der Waals surface area contributed by atoms with Gasteiger partial charge in [0.05, 0.1) is 31.1 Å². The Morgan fingerprint density at radius 2 is 1.88 bits per heavy atom. The van der Waals surface area contributed by atoms with Crippen molar-refractivity contribution in [3.63, 3.8) is 0 Å². The van der Waals surface area contributed by atoms with Gasteiger partial charge in [0.2, 0.25) is 0 Å². The van der Waals surface area contributed by atoms with E-state index in [9.17, 15) is 4.79 Å². The van der Waals surface area contributed by atoms with E-state index in [-0.39, 0.29) is 5.69 Å². The monoisotopic (exact) mass is 342 g/mol. The van der Waals surface area contributed by atoms with Crippen LogP contribution in [0.4, 0.5) is 11.4 Å². The summed E-state index contributed by atoms with van der Waals surface area (Å²) in [6.45, 7) is 0. The number of hydrogen-bond donors (Lipinski definition) is 1. The second-order valence-electron chi connectivity index (χ2n) is 5.03. The van der Waals surface area contributed by atoms with E-state index in [1.54, 1.807) is 31.4 Å². The van der Waals surface area contributed by atoms with Crippen molar-refractivity contribution in [1.29, 1.82) is 0 Å². The number of para-hydroxylation sites is 2. The molecule has 1 heterocycles. The standard InChI is InChI=1S/C18H15ClN2O3/c1-23-17-6-4-3-5-14(17)21-15-10-16(18(22)24-2)20-13-8-7-11(19)9-12(13)15/h3-10H,1-2H3,(H,20,21). The number of benzene rings is 2. The van der Waals surface area contributed by atoms with Gasteiger partial charge in [-0.25, -0.2) is 9.78 Å². The van der Waals surface area contributed by atoms with Crippen LogP contribution in [0.1, 0.15) is 10.5 Å². The minimum absolute atomic E-state index is 0.213. The lowest BCUT2D eigenvalue weighted by atomic mass is 10.1. The van der Waals surface area contributed by atoms with Gasteiger partial charge in [0.1, 0.15) is 5.75 Å². The first kappa shape index (κ1) is 16.1. The summed E-state index contributed by atoms with van der Waals surface area (Å²) in [6, 6.07) is 14.4. The van der Waals surface area contributed by atoms with Crippen LogP contribution in [0.15, 0.2) is 48.5 Å². The Hall–Kier alpha value is -2.79. The van der Waals surface area contributed by atoms with E-state index in [1.807, 2.05) is 24.3 Å². The van der Waals surface area contributed by atoms with Crippen LogP contribution in [-0.4, -0.2) is 25.2 Å². The van der Waals surface area contributed by atoms with Crippen LogP contribution >= 0.6 is 11.6 Å². The normalized spacial score (nSPS) is 10.5. The third-order valence-corrected chi connectivity index (χ3v) is 3.78. The smallest absolute Gasteiger partial charge is 0.356 e. The maximum atomic E-state index is 11.9. The number of fused-ring (bicyclic) bond motifs is 1. The highest BCUT2D eigenvalue weighted by Crippen LogP contribution is 2.32. The van der Waals surface area contributed by atoms with E-state index in [0.717, 1.165) is 11.1 Å². The molecule has 122 valence electrons. The maximum absolute atomic E-state index is 11.9. The van der Waals surface area contributed by atoms with Crippen LogP contribution in [0, 0.1) is 0 Å². The molecule has 0 aliphatic carbocycles. The van der Waals surface area contributed by atoms with Crippen molar-refractivity contribution in [3.05, 3.63) is 59.2 Å². The average Bonchev–Trinajstić information content (AvgIpc) is 2.61. The quantitative estimate of drug-likeness (QED) is 0.711. The van der Waals surface area contributed by atoms with Gasteiger partial charge in [-0.15, -0.1) is 0 Å². The summed E-state index contributed by atoms with van der Waals surface area (Å²) >= 11 is 6.11. The van der Waals surface area contributed by atoms with Crippen molar-refractivity contribution >= 4 is 39.8 Å². The molecule has 3 rings (SSSR count). The summed E-state index contributed by atoms with van der Waals surface area (Å²) in [5, 5.41) is 4.66. The topological polar surface area (TPSA) is 60.5 Å². The highest BCUT2D eigenvalue weighted by molar-refractivity contribution is 6.31. The molecule has 0 aliphatic heterocycles. The van der Waals surface area contributed by atoms with E-state index in [4.69, 9.17) is 21.1 Å². The molecule has 0 radical (unpaired) electrons. The zero-order chi connectivity index (χ0) is 17.1. The Bertz CT molecular complexity index is 912. The number of esters is 1. The molecular formula is C18H15ClN2O3. The number of carbonyl (C=O) groups is 1. The highest BCUT2D eigenvalue weighted by Gasteiger charge is 2.14. The summed E-state index contributed by atoms with van der Waals surface area (Å²) in [4.78, 5) is 16.2. The summed E-state index contributed by atoms with van der Waals surface area (Å²) in [5.41, 5.74) is 2.31. The second kappa shape index (κ2) is 6.76. The summed E-state index contributed by atoms with van der Waals surface area (Å²) in [7, 11) is 2.92. The molecule has 0 unspecified atom stereocenters. The molecule has 2 aromatic carbocycles. The van der Waals surface area contributed by atoms with E-state index in [0.29, 0.717) is 22.0 Å². The predicted octanol–water partition coefficient (Wildman–Crippen LogP) is 4.43. The number of rotatable bonds is 4. The lowest BCUT2D eigenvalue weighted by molar-refractivity contribution is 0.0594. The minimum atomic E-state index is -0.505. The van der Waals surface area contributed by atoms with Gasteiger partial charge in [-0.05, 0) is 36.4 Å². The predicted molar refractivity (Wildman–Crippen MR) is 94.4 cm³/mol. The number of hydrogen-bond acceptors (Lipinski definition) is 5. The largest absolute Gasteiger partial charge is 0.495 e. The number of ether oxygens (including phenoxy) is 2. The number of carbonyl (C=O) groups excluding carboxylic acids is 1. The molecule has 1 N–H and O–H groups in total. The van der Waals surface area contributed by atoms with Crippen molar-refractivity contribution < 1.29 is 14.3 Å². The molecule has 24 heavy (non-hydrogen) atoms. The molecule has 0 atom stereocenters. The van der Waals surface area contributed by atoms with Gasteiger partial charge in [-0.1, -0.05) is 23.7 Å². The number of nitrogens with zero attached hydrogens (tertiary/aromatic N) is 1. The van der Waals surface area contributed by atoms with E-state index in [2.05, 4.69) is 10.3 Å². The fraction of sp³-hybridized carbons (Fsp3) is 0.111. The Morgan fingerprint density at radius 1 is 1.08 bits per heavy atom. The number of halogens is 1. The van der Waals surface area contributed by atoms with Gasteiger partial charge < -0.3 is 14.8 Å². The minimum Gasteiger partial charge on any atom is -0.495 e. The molecule has 0 amide bonds. The third kappa shape index (κ3) is 3.12. The van der Waals surface area contributed by atoms with Crippen molar-refractivity contribution in [3.8, 4) is 5.75 Å². The van der Waals surface area contributed by atoms with Crippen molar-refractivity contribution in [1.82, 2.24) is 4.98 Å². The first-order valence-corrected chi connectivity index (χ1v) is 7.59. The van der Waals surface area contributed by atoms with E-state index >= 15 is 0 Å². The second-order valence-corrected chi connectivity index (χ2v) is 5.47. The first-order valence-electron chi connectivity index (χ1n) is 7.21. The van der Waals surface area contributed by atoms with Crippen LogP contribution < -0.4 is 10.1 Å². The maximum Gasteiger partial charge on any atom is 0.356 e. The number of methoxy groups -OCH3 is 2. The van der Waals surface area contributed by atoms with Gasteiger partial charge in [-0.2, -0.15) is 0 Å². The number of nitrogens with one attached hydrogen (secondary N) is 1. The SMILES string of the molecule is COC(=O)c1cc(Nc2ccccc2OC)c2cc(Cl)ccc2n1. The van der Waals surface area contributed by atoms with E-state index in [1.165, 1.54) is 7.11 Å². The van der Waals surface area contributed by atoms with Gasteiger partial charge >= 0.3 is 5.97 Å². The Balaban J connectivity index is 2.17. The molecule has 0 spiro atoms. The van der Waals surface area contributed by atoms with Crippen LogP contribution in [0.2, 0.25) is 5.02 Å². The summed E-state index contributed by atoms with van der Waals surface area (Å²) < 4.78 is 10.1. The molecule has 0 bridgehead atoms. The number of pyridine rings is 1. The lowest BCUT2D eigenvalue weighted by Crippen LogP contribution is -2.06. The molecule has 0 saturated heterocycles. The fourth-order valence-corrected chi connectivity index (χ4v) is 2.58. The zero-order valence-electron chi connectivity index (χ0n) is 13.2. The Morgan fingerprint density at radius 3 is 2.62 bits per heavy atom. The number of aromatic nitrogens is 1. The summed E-state index contributed by atoms with van der Waals surface area (Å²) in [5.74, 6) is 0.180. The number of anilines is 2. The van der Waals surface area contributed by atoms with Crippen LogP contribution in [-0.2, 0) is 4.74 Å². The van der Waals surface area contributed by atoms with Crippen LogP contribution in [0.5, 0.6) is 5.75 Å². The van der Waals surface area contributed by atoms with Crippen LogP contribution in [0.25, 0.3) is 10.9 Å². The van der Waals surface area contributed by atoms with Gasteiger partial charge in [0, 0.05) is 10.4 Å². The third-order valence-electron chi connectivity index (χ3n) is 3.54. The summed E-state index contributed by atoms with van der Waals surface area (Å²) in [6.07, 6.45) is 0. The van der Waals surface area contributed by atoms with Gasteiger partial charge in [0.15, 0.2) is 5.69 Å². The fourth-order valence-electron chi connectivity index (χ4n) is 2.40. The van der Waals surface area contributed by atoms with E-state index < -0.39 is 5.97 Å². The highest BCUT2D eigenvalue weighted by atomic mass is 35.5. The zero-order valence-corrected chi connectivity index (χ0v) is 13.9. The lowest BCUT2D eigenvalue weighted by Gasteiger charge is -2.14. The molecule has 1 aromatic heterocycles. The Kier molecular flexibility index (Phi) is 4.53. The molecule has 5 nitrogen and oxygen atoms in total. The molecule has 6 heteroatoms. The molecule has 3 aromatic rings. The average molecular weight is 343 g/mol.